The lowest BCUT2D eigenvalue weighted by Crippen LogP contribution is -2.38. The van der Waals surface area contributed by atoms with Gasteiger partial charge in [0.1, 0.15) is 0 Å². The summed E-state index contributed by atoms with van der Waals surface area (Å²) < 4.78 is 0. The predicted molar refractivity (Wildman–Crippen MR) is 99.9 cm³/mol. The molecule has 0 aromatic heterocycles. The molecule has 26 heavy (non-hydrogen) atoms. The van der Waals surface area contributed by atoms with E-state index in [1.807, 2.05) is 15.9 Å². The van der Waals surface area contributed by atoms with Crippen LogP contribution in [0.4, 0.5) is 5.69 Å². The van der Waals surface area contributed by atoms with Crippen LogP contribution in [-0.4, -0.2) is 53.7 Å². The normalized spacial score (nSPS) is 17.6. The predicted octanol–water partition coefficient (Wildman–Crippen LogP) is 2.29. The highest BCUT2D eigenvalue weighted by Gasteiger charge is 2.26. The number of hydrogen-bond donors (Lipinski definition) is 1. The zero-order valence-electron chi connectivity index (χ0n) is 15.8. The van der Waals surface area contributed by atoms with E-state index in [2.05, 4.69) is 26.1 Å². The monoisotopic (exact) mass is 357 g/mol. The van der Waals surface area contributed by atoms with E-state index in [0.29, 0.717) is 44.6 Å². The molecule has 140 valence electrons. The molecule has 1 N–H and O–H groups in total. The molecule has 0 saturated carbocycles. The van der Waals surface area contributed by atoms with Crippen molar-refractivity contribution in [1.29, 1.82) is 0 Å². The van der Waals surface area contributed by atoms with Crippen LogP contribution < -0.4 is 5.32 Å². The van der Waals surface area contributed by atoms with E-state index >= 15 is 0 Å². The van der Waals surface area contributed by atoms with Gasteiger partial charge in [-0.3, -0.25) is 14.4 Å². The summed E-state index contributed by atoms with van der Waals surface area (Å²) in [6.07, 6.45) is 1.63. The Bertz CT molecular complexity index is 736. The SMILES string of the molecule is CC(C)(C)CC(=O)N1CCCN(C(=O)c2ccc3c(c2)CC(=O)N3)CC1. The Morgan fingerprint density at radius 3 is 2.50 bits per heavy atom. The smallest absolute Gasteiger partial charge is 0.253 e. The van der Waals surface area contributed by atoms with Crippen LogP contribution in [0.2, 0.25) is 0 Å². The summed E-state index contributed by atoms with van der Waals surface area (Å²) in [7, 11) is 0. The van der Waals surface area contributed by atoms with Gasteiger partial charge in [-0.15, -0.1) is 0 Å². The van der Waals surface area contributed by atoms with Gasteiger partial charge in [0.2, 0.25) is 11.8 Å². The van der Waals surface area contributed by atoms with Crippen LogP contribution in [0.5, 0.6) is 0 Å². The highest BCUT2D eigenvalue weighted by atomic mass is 16.2. The second-order valence-corrected chi connectivity index (χ2v) is 8.36. The van der Waals surface area contributed by atoms with E-state index in [0.717, 1.165) is 17.7 Å². The molecule has 1 aromatic carbocycles. The molecule has 0 bridgehead atoms. The summed E-state index contributed by atoms with van der Waals surface area (Å²) in [6, 6.07) is 5.37. The van der Waals surface area contributed by atoms with Crippen molar-refractivity contribution in [3.63, 3.8) is 0 Å². The van der Waals surface area contributed by atoms with Gasteiger partial charge >= 0.3 is 0 Å². The van der Waals surface area contributed by atoms with E-state index < -0.39 is 0 Å². The minimum Gasteiger partial charge on any atom is -0.341 e. The fraction of sp³-hybridized carbons (Fsp3) is 0.550. The van der Waals surface area contributed by atoms with Crippen LogP contribution in [0.1, 0.15) is 49.5 Å². The molecule has 2 aliphatic rings. The number of carbonyl (C=O) groups is 3. The molecule has 1 fully saturated rings. The highest BCUT2D eigenvalue weighted by Crippen LogP contribution is 2.25. The second kappa shape index (κ2) is 7.09. The summed E-state index contributed by atoms with van der Waals surface area (Å²) in [5.74, 6) is 0.0959. The number of rotatable bonds is 2. The maximum atomic E-state index is 12.9. The van der Waals surface area contributed by atoms with Crippen molar-refractivity contribution in [3.05, 3.63) is 29.3 Å². The van der Waals surface area contributed by atoms with E-state index in [4.69, 9.17) is 0 Å². The first-order chi connectivity index (χ1) is 12.2. The van der Waals surface area contributed by atoms with E-state index in [1.54, 1.807) is 12.1 Å². The van der Waals surface area contributed by atoms with Crippen molar-refractivity contribution in [2.75, 3.05) is 31.5 Å². The number of amides is 3. The van der Waals surface area contributed by atoms with Crippen molar-refractivity contribution in [2.45, 2.75) is 40.0 Å². The Labute approximate surface area is 154 Å². The molecule has 0 aliphatic carbocycles. The lowest BCUT2D eigenvalue weighted by molar-refractivity contribution is -0.133. The number of hydrogen-bond acceptors (Lipinski definition) is 3. The minimum absolute atomic E-state index is 0.0303. The van der Waals surface area contributed by atoms with E-state index in [-0.39, 0.29) is 23.1 Å². The van der Waals surface area contributed by atoms with Gasteiger partial charge in [0.25, 0.3) is 5.91 Å². The first kappa shape index (κ1) is 18.4. The number of anilines is 1. The molecule has 1 saturated heterocycles. The molecule has 6 nitrogen and oxygen atoms in total. The molecule has 0 unspecified atom stereocenters. The Balaban J connectivity index is 1.64. The quantitative estimate of drug-likeness (QED) is 0.883. The fourth-order valence-electron chi connectivity index (χ4n) is 3.48. The van der Waals surface area contributed by atoms with Gasteiger partial charge in [0.15, 0.2) is 0 Å². The summed E-state index contributed by atoms with van der Waals surface area (Å²) >= 11 is 0. The number of fused-ring (bicyclic) bond motifs is 1. The molecular formula is C20H27N3O3. The van der Waals surface area contributed by atoms with Gasteiger partial charge in [0.05, 0.1) is 6.42 Å². The van der Waals surface area contributed by atoms with Gasteiger partial charge in [-0.2, -0.15) is 0 Å². The Hall–Kier alpha value is -2.37. The number of benzene rings is 1. The lowest BCUT2D eigenvalue weighted by Gasteiger charge is -2.25. The van der Waals surface area contributed by atoms with E-state index in [9.17, 15) is 14.4 Å². The molecule has 1 aromatic rings. The molecule has 6 heteroatoms. The van der Waals surface area contributed by atoms with Crippen LogP contribution in [0.3, 0.4) is 0 Å². The van der Waals surface area contributed by atoms with Crippen molar-refractivity contribution >= 4 is 23.4 Å². The molecule has 3 amide bonds. The summed E-state index contributed by atoms with van der Waals surface area (Å²) in [6.45, 7) is 8.65. The van der Waals surface area contributed by atoms with Gasteiger partial charge in [0, 0.05) is 43.9 Å². The number of nitrogens with zero attached hydrogens (tertiary/aromatic N) is 2. The third kappa shape index (κ3) is 4.23. The third-order valence-corrected chi connectivity index (χ3v) is 4.79. The van der Waals surface area contributed by atoms with Crippen molar-refractivity contribution in [3.8, 4) is 0 Å². The second-order valence-electron chi connectivity index (χ2n) is 8.36. The van der Waals surface area contributed by atoms with Crippen LogP contribution in [-0.2, 0) is 16.0 Å². The van der Waals surface area contributed by atoms with Crippen molar-refractivity contribution in [2.24, 2.45) is 5.41 Å². The van der Waals surface area contributed by atoms with Gasteiger partial charge < -0.3 is 15.1 Å². The molecule has 2 heterocycles. The Kier molecular flexibility index (Phi) is 5.03. The molecule has 0 spiro atoms. The summed E-state index contributed by atoms with van der Waals surface area (Å²) in [5, 5.41) is 2.78. The standard InChI is InChI=1S/C20H27N3O3/c1-20(2,3)13-18(25)22-7-4-8-23(10-9-22)19(26)14-5-6-16-15(11-14)12-17(24)21-16/h5-6,11H,4,7-10,12-13H2,1-3H3,(H,21,24). The topological polar surface area (TPSA) is 69.7 Å². The van der Waals surface area contributed by atoms with Crippen LogP contribution in [0.25, 0.3) is 0 Å². The zero-order chi connectivity index (χ0) is 18.9. The first-order valence-electron chi connectivity index (χ1n) is 9.23. The van der Waals surface area contributed by atoms with Gasteiger partial charge in [-0.25, -0.2) is 0 Å². The molecule has 0 atom stereocenters. The zero-order valence-corrected chi connectivity index (χ0v) is 15.8. The molecule has 2 aliphatic heterocycles. The Morgan fingerprint density at radius 2 is 1.77 bits per heavy atom. The van der Waals surface area contributed by atoms with Crippen molar-refractivity contribution < 1.29 is 14.4 Å². The van der Waals surface area contributed by atoms with Gasteiger partial charge in [-0.1, -0.05) is 20.8 Å². The molecule has 3 rings (SSSR count). The lowest BCUT2D eigenvalue weighted by atomic mass is 9.91. The first-order valence-corrected chi connectivity index (χ1v) is 9.23. The number of nitrogens with one attached hydrogen (secondary N) is 1. The highest BCUT2D eigenvalue weighted by molar-refractivity contribution is 6.01. The molecular weight excluding hydrogens is 330 g/mol. The average molecular weight is 357 g/mol. The maximum Gasteiger partial charge on any atom is 0.253 e. The van der Waals surface area contributed by atoms with Gasteiger partial charge in [-0.05, 0) is 35.6 Å². The van der Waals surface area contributed by atoms with Crippen molar-refractivity contribution in [1.82, 2.24) is 9.80 Å². The average Bonchev–Trinajstić information content (AvgIpc) is 2.76. The number of carbonyl (C=O) groups excluding carboxylic acids is 3. The summed E-state index contributed by atoms with van der Waals surface area (Å²) in [5.41, 5.74) is 2.24. The summed E-state index contributed by atoms with van der Waals surface area (Å²) in [4.78, 5) is 40.5. The fourth-order valence-corrected chi connectivity index (χ4v) is 3.48. The minimum atomic E-state index is -0.0348. The third-order valence-electron chi connectivity index (χ3n) is 4.79. The van der Waals surface area contributed by atoms with Crippen LogP contribution in [0.15, 0.2) is 18.2 Å². The Morgan fingerprint density at radius 1 is 1.08 bits per heavy atom. The maximum absolute atomic E-state index is 12.9. The largest absolute Gasteiger partial charge is 0.341 e. The molecule has 0 radical (unpaired) electrons. The van der Waals surface area contributed by atoms with Crippen LogP contribution >= 0.6 is 0 Å². The van der Waals surface area contributed by atoms with Crippen LogP contribution in [0, 0.1) is 5.41 Å². The van der Waals surface area contributed by atoms with E-state index in [1.165, 1.54) is 0 Å².